The molecule has 5 heteroatoms. The minimum atomic E-state index is -0.457. The van der Waals surface area contributed by atoms with E-state index in [2.05, 4.69) is 17.6 Å². The predicted molar refractivity (Wildman–Crippen MR) is 75.7 cm³/mol. The summed E-state index contributed by atoms with van der Waals surface area (Å²) >= 11 is 0. The zero-order valence-electron chi connectivity index (χ0n) is 12.5. The SMILES string of the molecule is CCC1CCNC(C(=O)NC(C)C(=O)N(C)CC)C1. The van der Waals surface area contributed by atoms with Gasteiger partial charge in [-0.2, -0.15) is 0 Å². The van der Waals surface area contributed by atoms with Gasteiger partial charge in [0.25, 0.3) is 0 Å². The zero-order valence-corrected chi connectivity index (χ0v) is 12.5. The summed E-state index contributed by atoms with van der Waals surface area (Å²) < 4.78 is 0. The van der Waals surface area contributed by atoms with Crippen LogP contribution in [-0.4, -0.2) is 48.9 Å². The summed E-state index contributed by atoms with van der Waals surface area (Å²) in [5.74, 6) is 0.517. The molecule has 3 unspecified atom stereocenters. The molecule has 0 aliphatic carbocycles. The van der Waals surface area contributed by atoms with Gasteiger partial charge in [-0.1, -0.05) is 13.3 Å². The number of likely N-dealkylation sites (N-methyl/N-ethyl adjacent to an activating group) is 1. The molecule has 1 fully saturated rings. The molecule has 0 radical (unpaired) electrons. The molecule has 1 heterocycles. The molecule has 110 valence electrons. The molecule has 0 spiro atoms. The number of nitrogens with one attached hydrogen (secondary N) is 2. The lowest BCUT2D eigenvalue weighted by atomic mass is 9.90. The number of carbonyl (C=O) groups excluding carboxylic acids is 2. The third-order valence-corrected chi connectivity index (χ3v) is 3.99. The Kier molecular flexibility index (Phi) is 6.28. The Morgan fingerprint density at radius 3 is 2.68 bits per heavy atom. The molecule has 0 aromatic heterocycles. The summed E-state index contributed by atoms with van der Waals surface area (Å²) in [6.45, 7) is 7.35. The highest BCUT2D eigenvalue weighted by Gasteiger charge is 2.28. The van der Waals surface area contributed by atoms with Gasteiger partial charge < -0.3 is 15.5 Å². The van der Waals surface area contributed by atoms with Crippen molar-refractivity contribution >= 4 is 11.8 Å². The van der Waals surface area contributed by atoms with E-state index in [9.17, 15) is 9.59 Å². The Hall–Kier alpha value is -1.10. The van der Waals surface area contributed by atoms with Gasteiger partial charge in [-0.05, 0) is 39.2 Å². The summed E-state index contributed by atoms with van der Waals surface area (Å²) in [6.07, 6.45) is 3.11. The number of hydrogen-bond donors (Lipinski definition) is 2. The van der Waals surface area contributed by atoms with E-state index in [1.165, 1.54) is 0 Å². The van der Waals surface area contributed by atoms with Crippen LogP contribution in [0.15, 0.2) is 0 Å². The first-order valence-electron chi connectivity index (χ1n) is 7.28. The van der Waals surface area contributed by atoms with Gasteiger partial charge >= 0.3 is 0 Å². The van der Waals surface area contributed by atoms with Gasteiger partial charge in [-0.15, -0.1) is 0 Å². The van der Waals surface area contributed by atoms with Crippen molar-refractivity contribution in [1.82, 2.24) is 15.5 Å². The molecule has 3 atom stereocenters. The molecular formula is C14H27N3O2. The third kappa shape index (κ3) is 4.49. The number of rotatable bonds is 5. The molecule has 0 aromatic rings. The van der Waals surface area contributed by atoms with Crippen LogP contribution >= 0.6 is 0 Å². The van der Waals surface area contributed by atoms with Crippen molar-refractivity contribution in [1.29, 1.82) is 0 Å². The number of amides is 2. The van der Waals surface area contributed by atoms with E-state index in [1.54, 1.807) is 18.9 Å². The minimum Gasteiger partial charge on any atom is -0.344 e. The van der Waals surface area contributed by atoms with Crippen LogP contribution in [0.1, 0.15) is 40.0 Å². The van der Waals surface area contributed by atoms with Crippen LogP contribution in [0.4, 0.5) is 0 Å². The van der Waals surface area contributed by atoms with Crippen LogP contribution in [0.2, 0.25) is 0 Å². The van der Waals surface area contributed by atoms with Crippen molar-refractivity contribution in [3.05, 3.63) is 0 Å². The average Bonchev–Trinajstić information content (AvgIpc) is 2.45. The highest BCUT2D eigenvalue weighted by molar-refractivity contribution is 5.89. The maximum Gasteiger partial charge on any atom is 0.244 e. The summed E-state index contributed by atoms with van der Waals surface area (Å²) in [7, 11) is 1.75. The summed E-state index contributed by atoms with van der Waals surface area (Å²) in [5.41, 5.74) is 0. The van der Waals surface area contributed by atoms with Crippen LogP contribution in [0, 0.1) is 5.92 Å². The Labute approximate surface area is 116 Å². The normalized spacial score (nSPS) is 24.6. The summed E-state index contributed by atoms with van der Waals surface area (Å²) in [5, 5.41) is 6.05. The van der Waals surface area contributed by atoms with Gasteiger partial charge in [-0.25, -0.2) is 0 Å². The van der Waals surface area contributed by atoms with Crippen LogP contribution in [0.3, 0.4) is 0 Å². The van der Waals surface area contributed by atoms with Crippen LogP contribution in [-0.2, 0) is 9.59 Å². The fourth-order valence-electron chi connectivity index (χ4n) is 2.43. The Balaban J connectivity index is 2.47. The Morgan fingerprint density at radius 2 is 2.11 bits per heavy atom. The van der Waals surface area contributed by atoms with Crippen molar-refractivity contribution in [2.45, 2.75) is 52.1 Å². The number of piperidine rings is 1. The van der Waals surface area contributed by atoms with Gasteiger partial charge in [0.15, 0.2) is 0 Å². The molecule has 1 aliphatic heterocycles. The molecule has 0 saturated carbocycles. The fraction of sp³-hybridized carbons (Fsp3) is 0.857. The molecule has 2 amide bonds. The Morgan fingerprint density at radius 1 is 1.42 bits per heavy atom. The van der Waals surface area contributed by atoms with Crippen molar-refractivity contribution in [2.24, 2.45) is 5.92 Å². The van der Waals surface area contributed by atoms with E-state index >= 15 is 0 Å². The first kappa shape index (κ1) is 16.0. The molecule has 0 aromatic carbocycles. The maximum atomic E-state index is 12.1. The van der Waals surface area contributed by atoms with E-state index in [-0.39, 0.29) is 17.9 Å². The molecule has 1 rings (SSSR count). The summed E-state index contributed by atoms with van der Waals surface area (Å²) in [4.78, 5) is 25.7. The van der Waals surface area contributed by atoms with Crippen LogP contribution < -0.4 is 10.6 Å². The first-order chi connectivity index (χ1) is 8.99. The Bertz CT molecular complexity index is 320. The van der Waals surface area contributed by atoms with E-state index in [1.807, 2.05) is 6.92 Å². The van der Waals surface area contributed by atoms with Crippen LogP contribution in [0.5, 0.6) is 0 Å². The number of nitrogens with zero attached hydrogens (tertiary/aromatic N) is 1. The third-order valence-electron chi connectivity index (χ3n) is 3.99. The lowest BCUT2D eigenvalue weighted by Crippen LogP contribution is -2.53. The first-order valence-corrected chi connectivity index (χ1v) is 7.28. The van der Waals surface area contributed by atoms with E-state index in [0.717, 1.165) is 25.8 Å². The van der Waals surface area contributed by atoms with E-state index in [0.29, 0.717) is 12.5 Å². The van der Waals surface area contributed by atoms with Gasteiger partial charge in [0.1, 0.15) is 6.04 Å². The largest absolute Gasteiger partial charge is 0.344 e. The van der Waals surface area contributed by atoms with Crippen molar-refractivity contribution in [3.63, 3.8) is 0 Å². The molecule has 1 aliphatic rings. The smallest absolute Gasteiger partial charge is 0.244 e. The molecule has 19 heavy (non-hydrogen) atoms. The van der Waals surface area contributed by atoms with E-state index < -0.39 is 6.04 Å². The topological polar surface area (TPSA) is 61.4 Å². The second-order valence-electron chi connectivity index (χ2n) is 5.39. The average molecular weight is 269 g/mol. The molecular weight excluding hydrogens is 242 g/mol. The number of carbonyl (C=O) groups is 2. The van der Waals surface area contributed by atoms with Crippen molar-refractivity contribution in [2.75, 3.05) is 20.1 Å². The second kappa shape index (κ2) is 7.48. The molecule has 1 saturated heterocycles. The van der Waals surface area contributed by atoms with Crippen molar-refractivity contribution < 1.29 is 9.59 Å². The molecule has 5 nitrogen and oxygen atoms in total. The van der Waals surface area contributed by atoms with Gasteiger partial charge in [0, 0.05) is 13.6 Å². The zero-order chi connectivity index (χ0) is 14.4. The van der Waals surface area contributed by atoms with Gasteiger partial charge in [0.05, 0.1) is 6.04 Å². The molecule has 0 bridgehead atoms. The monoisotopic (exact) mass is 269 g/mol. The standard InChI is InChI=1S/C14H27N3O2/c1-5-11-7-8-15-12(9-11)13(18)16-10(3)14(19)17(4)6-2/h10-12,15H,5-9H2,1-4H3,(H,16,18). The van der Waals surface area contributed by atoms with E-state index in [4.69, 9.17) is 0 Å². The van der Waals surface area contributed by atoms with Crippen LogP contribution in [0.25, 0.3) is 0 Å². The lowest BCUT2D eigenvalue weighted by molar-refractivity contribution is -0.135. The molecule has 2 N–H and O–H groups in total. The van der Waals surface area contributed by atoms with Gasteiger partial charge in [0.2, 0.25) is 11.8 Å². The highest BCUT2D eigenvalue weighted by atomic mass is 16.2. The predicted octanol–water partition coefficient (Wildman–Crippen LogP) is 0.748. The second-order valence-corrected chi connectivity index (χ2v) is 5.39. The summed E-state index contributed by atoms with van der Waals surface area (Å²) in [6, 6.07) is -0.609. The number of hydrogen-bond acceptors (Lipinski definition) is 3. The highest BCUT2D eigenvalue weighted by Crippen LogP contribution is 2.19. The van der Waals surface area contributed by atoms with Gasteiger partial charge in [-0.3, -0.25) is 9.59 Å². The van der Waals surface area contributed by atoms with Crippen molar-refractivity contribution in [3.8, 4) is 0 Å². The quantitative estimate of drug-likeness (QED) is 0.774. The maximum absolute atomic E-state index is 12.1. The fourth-order valence-corrected chi connectivity index (χ4v) is 2.43. The lowest BCUT2D eigenvalue weighted by Gasteiger charge is -2.30. The minimum absolute atomic E-state index is 0.0429.